The van der Waals surface area contributed by atoms with Crippen LogP contribution in [0.4, 0.5) is 0 Å². The number of rotatable bonds is 26. The third-order valence-electron chi connectivity index (χ3n) is 7.02. The molecule has 0 aliphatic heterocycles. The van der Waals surface area contributed by atoms with Crippen molar-refractivity contribution in [2.24, 2.45) is 11.8 Å². The van der Waals surface area contributed by atoms with Gasteiger partial charge in [-0.3, -0.25) is 14.5 Å². The van der Waals surface area contributed by atoms with Gasteiger partial charge in [-0.05, 0) is 50.5 Å². The van der Waals surface area contributed by atoms with Crippen LogP contribution in [0.3, 0.4) is 0 Å². The van der Waals surface area contributed by atoms with Gasteiger partial charge in [0.15, 0.2) is 0 Å². The highest BCUT2D eigenvalue weighted by Crippen LogP contribution is 2.18. The van der Waals surface area contributed by atoms with E-state index in [9.17, 15) is 9.59 Å². The summed E-state index contributed by atoms with van der Waals surface area (Å²) in [4.78, 5) is 27.0. The van der Waals surface area contributed by atoms with Crippen LogP contribution < -0.4 is 0 Å². The summed E-state index contributed by atoms with van der Waals surface area (Å²) in [5.74, 6) is 0.262. The topological polar surface area (TPSA) is 76.1 Å². The zero-order valence-corrected chi connectivity index (χ0v) is 24.2. The molecule has 0 aromatic carbocycles. The van der Waals surface area contributed by atoms with Crippen LogP contribution in [0.5, 0.6) is 0 Å². The molecule has 0 aliphatic carbocycles. The molecule has 0 aromatic heterocycles. The number of ether oxygens (including phenoxy) is 2. The van der Waals surface area contributed by atoms with Crippen molar-refractivity contribution in [3.05, 3.63) is 0 Å². The fraction of sp³-hybridized carbons (Fsp3) is 0.933. The van der Waals surface area contributed by atoms with Gasteiger partial charge < -0.3 is 14.6 Å². The number of esters is 2. The Morgan fingerprint density at radius 3 is 1.64 bits per heavy atom. The molecule has 0 saturated heterocycles. The van der Waals surface area contributed by atoms with E-state index in [2.05, 4.69) is 27.7 Å². The summed E-state index contributed by atoms with van der Waals surface area (Å²) < 4.78 is 11.3. The van der Waals surface area contributed by atoms with Gasteiger partial charge in [0.05, 0.1) is 26.3 Å². The summed E-state index contributed by atoms with van der Waals surface area (Å²) in [6.07, 6.45) is 17.8. The molecule has 0 bridgehead atoms. The number of carbonyl (C=O) groups is 2. The molecule has 36 heavy (non-hydrogen) atoms. The van der Waals surface area contributed by atoms with Crippen LogP contribution in [-0.4, -0.2) is 61.4 Å². The maximum absolute atomic E-state index is 12.6. The monoisotopic (exact) mass is 513 g/mol. The lowest BCUT2D eigenvalue weighted by atomic mass is 9.96. The predicted octanol–water partition coefficient (Wildman–Crippen LogP) is 6.92. The summed E-state index contributed by atoms with van der Waals surface area (Å²) >= 11 is 0. The lowest BCUT2D eigenvalue weighted by Gasteiger charge is -2.22. The van der Waals surface area contributed by atoms with Gasteiger partial charge in [-0.1, -0.05) is 98.3 Å². The predicted molar refractivity (Wildman–Crippen MR) is 149 cm³/mol. The van der Waals surface area contributed by atoms with E-state index >= 15 is 0 Å². The Morgan fingerprint density at radius 2 is 1.14 bits per heavy atom. The van der Waals surface area contributed by atoms with Crippen LogP contribution in [0, 0.1) is 11.8 Å². The normalized spacial score (nSPS) is 13.1. The van der Waals surface area contributed by atoms with E-state index in [-0.39, 0.29) is 31.6 Å². The second-order valence-electron chi connectivity index (χ2n) is 10.5. The molecule has 1 N–H and O–H groups in total. The molecule has 0 amide bonds. The number of nitrogens with zero attached hydrogens (tertiary/aromatic N) is 1. The maximum Gasteiger partial charge on any atom is 0.320 e. The molecule has 0 fully saturated rings. The lowest BCUT2D eigenvalue weighted by molar-refractivity contribution is -0.150. The Morgan fingerprint density at radius 1 is 0.639 bits per heavy atom. The molecule has 2 atom stereocenters. The van der Waals surface area contributed by atoms with Crippen LogP contribution in [0.15, 0.2) is 0 Å². The molecule has 2 unspecified atom stereocenters. The Bertz CT molecular complexity index is 514. The number of aliphatic hydroxyl groups excluding tert-OH is 1. The largest absolute Gasteiger partial charge is 0.464 e. The van der Waals surface area contributed by atoms with E-state index < -0.39 is 0 Å². The van der Waals surface area contributed by atoms with Crippen LogP contribution in [0.25, 0.3) is 0 Å². The van der Waals surface area contributed by atoms with Gasteiger partial charge in [0, 0.05) is 6.61 Å². The number of aliphatic hydroxyl groups is 1. The molecule has 0 aromatic rings. The zero-order chi connectivity index (χ0) is 26.9. The fourth-order valence-electron chi connectivity index (χ4n) is 4.47. The molecule has 0 radical (unpaired) electrons. The Labute approximate surface area is 222 Å². The van der Waals surface area contributed by atoms with Crippen LogP contribution in [0.1, 0.15) is 130 Å². The first kappa shape index (κ1) is 34.9. The molecule has 0 rings (SSSR count). The average Bonchev–Trinajstić information content (AvgIpc) is 2.87. The van der Waals surface area contributed by atoms with E-state index in [0.29, 0.717) is 38.0 Å². The van der Waals surface area contributed by atoms with Crippen molar-refractivity contribution in [2.75, 3.05) is 39.5 Å². The minimum absolute atomic E-state index is 0.0864. The Balaban J connectivity index is 4.62. The van der Waals surface area contributed by atoms with Gasteiger partial charge in [0.25, 0.3) is 0 Å². The number of unbranched alkanes of at least 4 members (excludes halogenated alkanes) is 8. The van der Waals surface area contributed by atoms with Crippen molar-refractivity contribution in [1.82, 2.24) is 4.90 Å². The van der Waals surface area contributed by atoms with E-state index in [1.165, 1.54) is 51.4 Å². The second kappa shape index (κ2) is 25.5. The number of hydrogen-bond acceptors (Lipinski definition) is 6. The highest BCUT2D eigenvalue weighted by molar-refractivity contribution is 5.75. The van der Waals surface area contributed by atoms with Gasteiger partial charge in [0.1, 0.15) is 0 Å². The van der Waals surface area contributed by atoms with Crippen molar-refractivity contribution in [3.63, 3.8) is 0 Å². The summed E-state index contributed by atoms with van der Waals surface area (Å²) in [7, 11) is 0. The molecular weight excluding hydrogens is 454 g/mol. The van der Waals surface area contributed by atoms with Crippen molar-refractivity contribution in [1.29, 1.82) is 0 Å². The van der Waals surface area contributed by atoms with Crippen molar-refractivity contribution in [3.8, 4) is 0 Å². The van der Waals surface area contributed by atoms with E-state index in [0.717, 1.165) is 44.9 Å². The molecule has 214 valence electrons. The highest BCUT2D eigenvalue weighted by atomic mass is 16.5. The summed E-state index contributed by atoms with van der Waals surface area (Å²) in [6.45, 7) is 10.5. The Hall–Kier alpha value is -1.14. The van der Waals surface area contributed by atoms with Crippen molar-refractivity contribution >= 4 is 11.9 Å². The standard InChI is InChI=1S/C30H59NO5/c1-5-9-12-14-19-27(8-4)25-35-29(33)23-31(21-16-17-22-32)24-30(34)36-26-28(18-11-7-3)20-15-13-10-6-2/h27-28,32H,5-26H2,1-4H3. The fourth-order valence-corrected chi connectivity index (χ4v) is 4.47. The van der Waals surface area contributed by atoms with Gasteiger partial charge in [-0.2, -0.15) is 0 Å². The third-order valence-corrected chi connectivity index (χ3v) is 7.02. The first-order valence-electron chi connectivity index (χ1n) is 15.1. The van der Waals surface area contributed by atoms with Gasteiger partial charge >= 0.3 is 11.9 Å². The Kier molecular flexibility index (Phi) is 24.7. The quantitative estimate of drug-likeness (QED) is 0.0999. The molecule has 0 spiro atoms. The second-order valence-corrected chi connectivity index (χ2v) is 10.5. The smallest absolute Gasteiger partial charge is 0.320 e. The number of carbonyl (C=O) groups excluding carboxylic acids is 2. The number of hydrogen-bond donors (Lipinski definition) is 1. The van der Waals surface area contributed by atoms with Crippen LogP contribution in [-0.2, 0) is 19.1 Å². The third kappa shape index (κ3) is 21.0. The first-order chi connectivity index (χ1) is 17.5. The SMILES string of the molecule is CCCCCCC(CC)COC(=O)CN(CCCCO)CC(=O)OCC(CCCC)CCCCCC. The zero-order valence-electron chi connectivity index (χ0n) is 24.2. The first-order valence-corrected chi connectivity index (χ1v) is 15.1. The van der Waals surface area contributed by atoms with Gasteiger partial charge in [-0.15, -0.1) is 0 Å². The van der Waals surface area contributed by atoms with Crippen molar-refractivity contribution < 1.29 is 24.2 Å². The molecule has 0 saturated carbocycles. The van der Waals surface area contributed by atoms with Crippen LogP contribution in [0.2, 0.25) is 0 Å². The maximum atomic E-state index is 12.6. The van der Waals surface area contributed by atoms with E-state index in [1.807, 2.05) is 4.90 Å². The summed E-state index contributed by atoms with van der Waals surface area (Å²) in [6, 6.07) is 0. The van der Waals surface area contributed by atoms with Gasteiger partial charge in [-0.25, -0.2) is 0 Å². The minimum Gasteiger partial charge on any atom is -0.464 e. The van der Waals surface area contributed by atoms with E-state index in [1.54, 1.807) is 0 Å². The molecule has 6 heteroatoms. The van der Waals surface area contributed by atoms with Crippen LogP contribution >= 0.6 is 0 Å². The van der Waals surface area contributed by atoms with Crippen molar-refractivity contribution in [2.45, 2.75) is 130 Å². The highest BCUT2D eigenvalue weighted by Gasteiger charge is 2.19. The van der Waals surface area contributed by atoms with E-state index in [4.69, 9.17) is 14.6 Å². The molecular formula is C30H59NO5. The summed E-state index contributed by atoms with van der Waals surface area (Å²) in [5.41, 5.74) is 0. The molecule has 6 nitrogen and oxygen atoms in total. The summed E-state index contributed by atoms with van der Waals surface area (Å²) in [5, 5.41) is 9.14. The minimum atomic E-state index is -0.282. The molecule has 0 heterocycles. The average molecular weight is 514 g/mol. The lowest BCUT2D eigenvalue weighted by Crippen LogP contribution is -2.37. The molecule has 0 aliphatic rings. The van der Waals surface area contributed by atoms with Gasteiger partial charge in [0.2, 0.25) is 0 Å².